The molecule has 2 aromatic carbocycles. The Morgan fingerprint density at radius 3 is 2.32 bits per heavy atom. The van der Waals surface area contributed by atoms with Crippen molar-refractivity contribution in [1.29, 1.82) is 0 Å². The zero-order valence-corrected chi connectivity index (χ0v) is 18.1. The monoisotopic (exact) mass is 441 g/mol. The third-order valence-electron chi connectivity index (χ3n) is 4.83. The Bertz CT molecular complexity index is 1200. The van der Waals surface area contributed by atoms with Gasteiger partial charge in [0.25, 0.3) is 5.91 Å². The van der Waals surface area contributed by atoms with E-state index in [4.69, 9.17) is 9.47 Å². The fourth-order valence-corrected chi connectivity index (χ4v) is 4.85. The minimum absolute atomic E-state index is 0.132. The number of hydrogen-bond donors (Lipinski definition) is 1. The molecule has 0 atom stereocenters. The predicted molar refractivity (Wildman–Crippen MR) is 116 cm³/mol. The number of nitrogens with one attached hydrogen (secondary N) is 1. The zero-order chi connectivity index (χ0) is 22.0. The molecule has 0 saturated carbocycles. The summed E-state index contributed by atoms with van der Waals surface area (Å²) in [6, 6.07) is 14.6. The van der Waals surface area contributed by atoms with Gasteiger partial charge in [0.2, 0.25) is 0 Å². The largest absolute Gasteiger partial charge is 0.494 e. The first-order valence-corrected chi connectivity index (χ1v) is 11.7. The van der Waals surface area contributed by atoms with Crippen molar-refractivity contribution >= 4 is 21.6 Å². The van der Waals surface area contributed by atoms with Gasteiger partial charge in [-0.15, -0.1) is 0 Å². The smallest absolute Gasteiger partial charge is 0.263 e. The fraction of sp³-hybridized carbons (Fsp3) is 0.273. The maximum atomic E-state index is 12.6. The molecule has 0 unspecified atom stereocenters. The Morgan fingerprint density at radius 2 is 1.68 bits per heavy atom. The summed E-state index contributed by atoms with van der Waals surface area (Å²) < 4.78 is 36.7. The van der Waals surface area contributed by atoms with Crippen molar-refractivity contribution in [3.8, 4) is 17.2 Å². The number of hydrogen-bond acceptors (Lipinski definition) is 6. The molecule has 1 aromatic heterocycles. The molecule has 31 heavy (non-hydrogen) atoms. The molecule has 0 bridgehead atoms. The summed E-state index contributed by atoms with van der Waals surface area (Å²) in [5.74, 6) is 0.919. The number of anilines is 1. The van der Waals surface area contributed by atoms with Crippen LogP contribution in [0.5, 0.6) is 11.5 Å². The molecule has 1 aliphatic heterocycles. The third-order valence-corrected chi connectivity index (χ3v) is 6.27. The number of rotatable bonds is 7. The highest BCUT2D eigenvalue weighted by Crippen LogP contribution is 2.33. The maximum Gasteiger partial charge on any atom is 0.263 e. The molecule has 0 saturated heterocycles. The van der Waals surface area contributed by atoms with E-state index in [1.807, 2.05) is 38.1 Å². The van der Waals surface area contributed by atoms with Crippen molar-refractivity contribution in [3.05, 3.63) is 65.4 Å². The van der Waals surface area contributed by atoms with Crippen molar-refractivity contribution in [2.75, 3.05) is 18.5 Å². The van der Waals surface area contributed by atoms with Gasteiger partial charge >= 0.3 is 0 Å². The predicted octanol–water partition coefficient (Wildman–Crippen LogP) is 3.03. The van der Waals surface area contributed by atoms with Crippen molar-refractivity contribution in [3.63, 3.8) is 0 Å². The molecule has 1 amide bonds. The lowest BCUT2D eigenvalue weighted by atomic mass is 10.2. The first-order chi connectivity index (χ1) is 14.8. The molecular formula is C22H23N3O5S. The van der Waals surface area contributed by atoms with Crippen molar-refractivity contribution in [2.24, 2.45) is 0 Å². The summed E-state index contributed by atoms with van der Waals surface area (Å²) in [4.78, 5) is 12.6. The molecule has 0 radical (unpaired) electrons. The number of aryl methyl sites for hydroxylation is 1. The lowest BCUT2D eigenvalue weighted by molar-refractivity contribution is -0.118. The fourth-order valence-electron chi connectivity index (χ4n) is 3.36. The standard InChI is InChI=1S/C22H23N3O5S/c1-3-29-17-8-10-18(11-9-17)30-12-21(26)23-22-19-13-31(27,28)14-20(19)24-25(22)16-6-4-15(2)5-7-16/h4-11H,3,12-14H2,1-2H3,(H,23,26). The highest BCUT2D eigenvalue weighted by Gasteiger charge is 2.33. The van der Waals surface area contributed by atoms with Crippen LogP contribution < -0.4 is 14.8 Å². The normalized spacial score (nSPS) is 14.1. The van der Waals surface area contributed by atoms with Gasteiger partial charge in [-0.2, -0.15) is 5.10 Å². The highest BCUT2D eigenvalue weighted by atomic mass is 32.2. The van der Waals surface area contributed by atoms with E-state index in [9.17, 15) is 13.2 Å². The molecule has 2 heterocycles. The number of carbonyl (C=O) groups is 1. The number of carbonyl (C=O) groups excluding carboxylic acids is 1. The van der Waals surface area contributed by atoms with Gasteiger partial charge in [0, 0.05) is 5.56 Å². The van der Waals surface area contributed by atoms with Crippen molar-refractivity contribution in [2.45, 2.75) is 25.4 Å². The van der Waals surface area contributed by atoms with Gasteiger partial charge in [-0.05, 0) is 50.2 Å². The van der Waals surface area contributed by atoms with Crippen LogP contribution in [-0.2, 0) is 26.1 Å². The summed E-state index contributed by atoms with van der Waals surface area (Å²) >= 11 is 0. The molecule has 3 aromatic rings. The Morgan fingerprint density at radius 1 is 1.03 bits per heavy atom. The molecule has 4 rings (SSSR count). The zero-order valence-electron chi connectivity index (χ0n) is 17.3. The van der Waals surface area contributed by atoms with Crippen LogP contribution >= 0.6 is 0 Å². The van der Waals surface area contributed by atoms with E-state index in [-0.39, 0.29) is 18.1 Å². The SMILES string of the molecule is CCOc1ccc(OCC(=O)Nc2c3c(nn2-c2ccc(C)cc2)CS(=O)(=O)C3)cc1. The van der Waals surface area contributed by atoms with Crippen LogP contribution in [0.3, 0.4) is 0 Å². The minimum atomic E-state index is -3.26. The first-order valence-electron chi connectivity index (χ1n) is 9.88. The van der Waals surface area contributed by atoms with Crippen LogP contribution in [0, 0.1) is 6.92 Å². The number of ether oxygens (including phenoxy) is 2. The van der Waals surface area contributed by atoms with Crippen molar-refractivity contribution < 1.29 is 22.7 Å². The van der Waals surface area contributed by atoms with E-state index in [2.05, 4.69) is 10.4 Å². The third kappa shape index (κ3) is 4.72. The Labute approximate surface area is 180 Å². The summed E-state index contributed by atoms with van der Waals surface area (Å²) in [7, 11) is -3.26. The first kappa shape index (κ1) is 20.9. The number of aromatic nitrogens is 2. The summed E-state index contributed by atoms with van der Waals surface area (Å²) in [5.41, 5.74) is 2.80. The number of nitrogens with zero attached hydrogens (tertiary/aromatic N) is 2. The molecule has 162 valence electrons. The van der Waals surface area contributed by atoms with Crippen LogP contribution in [0.4, 0.5) is 5.82 Å². The average molecular weight is 442 g/mol. The van der Waals surface area contributed by atoms with Gasteiger partial charge < -0.3 is 14.8 Å². The molecule has 8 nitrogen and oxygen atoms in total. The van der Waals surface area contributed by atoms with E-state index in [1.54, 1.807) is 28.9 Å². The number of benzene rings is 2. The van der Waals surface area contributed by atoms with Gasteiger partial charge in [-0.1, -0.05) is 17.7 Å². The Kier molecular flexibility index (Phi) is 5.69. The average Bonchev–Trinajstić information content (AvgIpc) is 3.21. The Hall–Kier alpha value is -3.33. The topological polar surface area (TPSA) is 99.5 Å². The second-order valence-electron chi connectivity index (χ2n) is 7.29. The molecule has 9 heteroatoms. The molecule has 1 N–H and O–H groups in total. The highest BCUT2D eigenvalue weighted by molar-refractivity contribution is 7.90. The van der Waals surface area contributed by atoms with E-state index >= 15 is 0 Å². The summed E-state index contributed by atoms with van der Waals surface area (Å²) in [5, 5.41) is 7.24. The van der Waals surface area contributed by atoms with E-state index < -0.39 is 15.7 Å². The van der Waals surface area contributed by atoms with Gasteiger partial charge in [0.1, 0.15) is 17.3 Å². The van der Waals surface area contributed by atoms with Gasteiger partial charge in [-0.3, -0.25) is 4.79 Å². The summed E-state index contributed by atoms with van der Waals surface area (Å²) in [6.07, 6.45) is 0. The van der Waals surface area contributed by atoms with Crippen molar-refractivity contribution in [1.82, 2.24) is 9.78 Å². The molecule has 0 fully saturated rings. The molecular weight excluding hydrogens is 418 g/mol. The molecule has 0 spiro atoms. The minimum Gasteiger partial charge on any atom is -0.494 e. The van der Waals surface area contributed by atoms with Crippen LogP contribution in [0.2, 0.25) is 0 Å². The summed E-state index contributed by atoms with van der Waals surface area (Å²) in [6.45, 7) is 4.21. The van der Waals surface area contributed by atoms with Gasteiger partial charge in [-0.25, -0.2) is 13.1 Å². The maximum absolute atomic E-state index is 12.6. The number of sulfone groups is 1. The number of fused-ring (bicyclic) bond motifs is 1. The quantitative estimate of drug-likeness (QED) is 0.605. The second kappa shape index (κ2) is 8.43. The van der Waals surface area contributed by atoms with Crippen LogP contribution in [0.15, 0.2) is 48.5 Å². The van der Waals surface area contributed by atoms with Gasteiger partial charge in [0.15, 0.2) is 16.4 Å². The number of amides is 1. The van der Waals surface area contributed by atoms with Crippen LogP contribution in [0.25, 0.3) is 5.69 Å². The molecule has 1 aliphatic rings. The Balaban J connectivity index is 1.52. The van der Waals surface area contributed by atoms with Gasteiger partial charge in [0.05, 0.1) is 29.5 Å². The van der Waals surface area contributed by atoms with E-state index in [1.165, 1.54) is 0 Å². The second-order valence-corrected chi connectivity index (χ2v) is 9.36. The van der Waals surface area contributed by atoms with Crippen LogP contribution in [-0.4, -0.2) is 37.3 Å². The van der Waals surface area contributed by atoms with E-state index in [0.29, 0.717) is 29.4 Å². The van der Waals surface area contributed by atoms with E-state index in [0.717, 1.165) is 17.0 Å². The lowest BCUT2D eigenvalue weighted by Gasteiger charge is -2.12. The lowest BCUT2D eigenvalue weighted by Crippen LogP contribution is -2.22. The van der Waals surface area contributed by atoms with Crippen LogP contribution in [0.1, 0.15) is 23.7 Å². The molecule has 0 aliphatic carbocycles.